The largest absolute Gasteiger partial charge is 0.314 e. The lowest BCUT2D eigenvalue weighted by Gasteiger charge is -2.23. The van der Waals surface area contributed by atoms with E-state index in [1.165, 1.54) is 8.66 Å². The fourth-order valence-corrected chi connectivity index (χ4v) is 3.55. The minimum absolute atomic E-state index is 0. The summed E-state index contributed by atoms with van der Waals surface area (Å²) in [5.41, 5.74) is 0. The van der Waals surface area contributed by atoms with E-state index < -0.39 is 0 Å². The molecule has 0 unspecified atom stereocenters. The van der Waals surface area contributed by atoms with Gasteiger partial charge in [0, 0.05) is 29.0 Å². The van der Waals surface area contributed by atoms with Crippen molar-refractivity contribution >= 4 is 55.6 Å². The van der Waals surface area contributed by atoms with Crippen LogP contribution in [0.15, 0.2) is 14.3 Å². The molecule has 1 fully saturated rings. The molecule has 1 aromatic rings. The first kappa shape index (κ1) is 12.9. The Morgan fingerprint density at radius 1 is 1.36 bits per heavy atom. The average Bonchev–Trinajstić information content (AvgIpc) is 2.49. The van der Waals surface area contributed by atoms with Crippen LogP contribution in [0.25, 0.3) is 0 Å². The Hall–Kier alpha value is 0.870. The minimum Gasteiger partial charge on any atom is -0.314 e. The highest BCUT2D eigenvalue weighted by molar-refractivity contribution is 9.13. The second kappa shape index (κ2) is 5.82. The third kappa shape index (κ3) is 2.93. The van der Waals surface area contributed by atoms with Crippen LogP contribution in [0.3, 0.4) is 0 Å². The zero-order valence-corrected chi connectivity index (χ0v) is 12.2. The van der Waals surface area contributed by atoms with Crippen LogP contribution in [0.2, 0.25) is 0 Å². The molecule has 1 atom stereocenters. The smallest absolute Gasteiger partial charge is 0.0843 e. The molecular formula is C8H11Br2ClN2S. The van der Waals surface area contributed by atoms with Gasteiger partial charge in [0.1, 0.15) is 0 Å². The third-order valence-electron chi connectivity index (χ3n) is 2.05. The Morgan fingerprint density at radius 3 is 2.64 bits per heavy atom. The summed E-state index contributed by atoms with van der Waals surface area (Å²) >= 11 is 8.79. The zero-order chi connectivity index (χ0) is 9.26. The van der Waals surface area contributed by atoms with Gasteiger partial charge in [-0.15, -0.1) is 23.7 Å². The van der Waals surface area contributed by atoms with Gasteiger partial charge in [-0.05, 0) is 37.9 Å². The summed E-state index contributed by atoms with van der Waals surface area (Å²) in [5.74, 6) is 0. The lowest BCUT2D eigenvalue weighted by Crippen LogP contribution is -2.42. The second-order valence-corrected chi connectivity index (χ2v) is 6.24. The standard InChI is InChI=1S/C8H10Br2N2S.ClH/c9-5-3-7(13-8(5)10)6-4-11-1-2-12-6;/h3,6,11-12H,1-2,4H2;1H/t6-;/m1./s1. The molecule has 0 radical (unpaired) electrons. The van der Waals surface area contributed by atoms with E-state index in [4.69, 9.17) is 0 Å². The third-order valence-corrected chi connectivity index (χ3v) is 5.42. The van der Waals surface area contributed by atoms with Gasteiger partial charge in [-0.25, -0.2) is 0 Å². The van der Waals surface area contributed by atoms with Crippen molar-refractivity contribution in [3.05, 3.63) is 19.2 Å². The van der Waals surface area contributed by atoms with Crippen molar-refractivity contribution in [2.45, 2.75) is 6.04 Å². The SMILES string of the molecule is Brc1cc([C@H]2CNCCN2)sc1Br.Cl. The summed E-state index contributed by atoms with van der Waals surface area (Å²) in [6.07, 6.45) is 0. The number of halogens is 3. The van der Waals surface area contributed by atoms with Gasteiger partial charge in [0.25, 0.3) is 0 Å². The molecule has 6 heteroatoms. The Balaban J connectivity index is 0.000000980. The molecule has 0 aliphatic carbocycles. The molecule has 2 nitrogen and oxygen atoms in total. The number of nitrogens with one attached hydrogen (secondary N) is 2. The molecule has 0 spiro atoms. The van der Waals surface area contributed by atoms with Gasteiger partial charge >= 0.3 is 0 Å². The van der Waals surface area contributed by atoms with Crippen LogP contribution in [-0.4, -0.2) is 19.6 Å². The maximum atomic E-state index is 3.51. The summed E-state index contributed by atoms with van der Waals surface area (Å²) in [7, 11) is 0. The Bertz CT molecular complexity index is 280. The van der Waals surface area contributed by atoms with Gasteiger partial charge in [0.2, 0.25) is 0 Å². The Labute approximate surface area is 111 Å². The quantitative estimate of drug-likeness (QED) is 0.803. The molecule has 2 rings (SSSR count). The van der Waals surface area contributed by atoms with E-state index in [-0.39, 0.29) is 12.4 Å². The number of thiophene rings is 1. The first-order chi connectivity index (χ1) is 6.27. The van der Waals surface area contributed by atoms with Crippen LogP contribution in [0.5, 0.6) is 0 Å². The molecule has 2 heterocycles. The minimum atomic E-state index is 0. The Morgan fingerprint density at radius 2 is 2.14 bits per heavy atom. The highest BCUT2D eigenvalue weighted by atomic mass is 79.9. The lowest BCUT2D eigenvalue weighted by molar-refractivity contribution is 0.435. The van der Waals surface area contributed by atoms with E-state index in [1.807, 2.05) is 0 Å². The predicted molar refractivity (Wildman–Crippen MR) is 70.6 cm³/mol. The van der Waals surface area contributed by atoms with Crippen molar-refractivity contribution in [3.8, 4) is 0 Å². The lowest BCUT2D eigenvalue weighted by atomic mass is 10.2. The van der Waals surface area contributed by atoms with E-state index >= 15 is 0 Å². The molecule has 1 saturated heterocycles. The van der Waals surface area contributed by atoms with Crippen LogP contribution in [0.4, 0.5) is 0 Å². The summed E-state index contributed by atoms with van der Waals surface area (Å²) in [4.78, 5) is 1.38. The first-order valence-electron chi connectivity index (χ1n) is 4.16. The average molecular weight is 363 g/mol. The fraction of sp³-hybridized carbons (Fsp3) is 0.500. The monoisotopic (exact) mass is 360 g/mol. The molecule has 14 heavy (non-hydrogen) atoms. The fourth-order valence-electron chi connectivity index (χ4n) is 1.39. The molecule has 1 aliphatic rings. The van der Waals surface area contributed by atoms with Crippen molar-refractivity contribution in [3.63, 3.8) is 0 Å². The topological polar surface area (TPSA) is 24.1 Å². The van der Waals surface area contributed by atoms with E-state index in [9.17, 15) is 0 Å². The first-order valence-corrected chi connectivity index (χ1v) is 6.56. The van der Waals surface area contributed by atoms with Crippen molar-refractivity contribution in [2.75, 3.05) is 19.6 Å². The van der Waals surface area contributed by atoms with Crippen molar-refractivity contribution in [2.24, 2.45) is 0 Å². The second-order valence-electron chi connectivity index (χ2n) is 2.98. The number of hydrogen-bond donors (Lipinski definition) is 2. The molecule has 2 N–H and O–H groups in total. The Kier molecular flexibility index (Phi) is 5.38. The molecule has 1 aromatic heterocycles. The van der Waals surface area contributed by atoms with Crippen LogP contribution >= 0.6 is 55.6 Å². The van der Waals surface area contributed by atoms with Crippen molar-refractivity contribution < 1.29 is 0 Å². The van der Waals surface area contributed by atoms with E-state index in [1.54, 1.807) is 11.3 Å². The molecule has 0 aromatic carbocycles. The summed E-state index contributed by atoms with van der Waals surface area (Å²) in [5, 5.41) is 6.86. The van der Waals surface area contributed by atoms with Crippen LogP contribution in [-0.2, 0) is 0 Å². The maximum absolute atomic E-state index is 3.51. The van der Waals surface area contributed by atoms with Crippen molar-refractivity contribution in [1.82, 2.24) is 10.6 Å². The van der Waals surface area contributed by atoms with Gasteiger partial charge in [0.05, 0.1) is 9.83 Å². The summed E-state index contributed by atoms with van der Waals surface area (Å²) in [6, 6.07) is 2.65. The zero-order valence-electron chi connectivity index (χ0n) is 7.35. The predicted octanol–water partition coefficient (Wildman–Crippen LogP) is 2.93. The molecule has 1 aliphatic heterocycles. The molecule has 0 bridgehead atoms. The van der Waals surface area contributed by atoms with Crippen LogP contribution in [0.1, 0.15) is 10.9 Å². The van der Waals surface area contributed by atoms with Crippen LogP contribution in [0, 0.1) is 0 Å². The highest BCUT2D eigenvalue weighted by Crippen LogP contribution is 2.35. The normalized spacial score (nSPS) is 21.7. The van der Waals surface area contributed by atoms with Gasteiger partial charge in [-0.3, -0.25) is 0 Å². The van der Waals surface area contributed by atoms with E-state index in [0.717, 1.165) is 24.1 Å². The van der Waals surface area contributed by atoms with Gasteiger partial charge in [-0.1, -0.05) is 0 Å². The molecule has 80 valence electrons. The van der Waals surface area contributed by atoms with Crippen LogP contribution < -0.4 is 10.6 Å². The van der Waals surface area contributed by atoms with Gasteiger partial charge in [-0.2, -0.15) is 0 Å². The van der Waals surface area contributed by atoms with E-state index in [0.29, 0.717) is 6.04 Å². The molecule has 0 amide bonds. The molecule has 0 saturated carbocycles. The van der Waals surface area contributed by atoms with Gasteiger partial charge in [0.15, 0.2) is 0 Å². The summed E-state index contributed by atoms with van der Waals surface area (Å²) in [6.45, 7) is 3.15. The number of rotatable bonds is 1. The molecular weight excluding hydrogens is 351 g/mol. The number of hydrogen-bond acceptors (Lipinski definition) is 3. The summed E-state index contributed by atoms with van der Waals surface area (Å²) < 4.78 is 2.33. The van der Waals surface area contributed by atoms with Crippen molar-refractivity contribution in [1.29, 1.82) is 0 Å². The highest BCUT2D eigenvalue weighted by Gasteiger charge is 2.17. The van der Waals surface area contributed by atoms with Gasteiger partial charge < -0.3 is 10.6 Å². The maximum Gasteiger partial charge on any atom is 0.0843 e. The van der Waals surface area contributed by atoms with E-state index in [2.05, 4.69) is 48.6 Å². The number of piperazine rings is 1.